The zero-order valence-corrected chi connectivity index (χ0v) is 15.2. The van der Waals surface area contributed by atoms with Crippen molar-refractivity contribution in [3.63, 3.8) is 0 Å². The van der Waals surface area contributed by atoms with Crippen LogP contribution in [0.4, 0.5) is 0 Å². The predicted molar refractivity (Wildman–Crippen MR) is 97.5 cm³/mol. The molecule has 3 rings (SSSR count). The fraction of sp³-hybridized carbons (Fsp3) is 0.412. The van der Waals surface area contributed by atoms with Gasteiger partial charge in [0.25, 0.3) is 0 Å². The van der Waals surface area contributed by atoms with Crippen molar-refractivity contribution in [3.05, 3.63) is 41.4 Å². The molecule has 1 aliphatic rings. The number of nitrogens with two attached hydrogens (primary N) is 1. The van der Waals surface area contributed by atoms with E-state index >= 15 is 0 Å². The molecule has 24 heavy (non-hydrogen) atoms. The first-order valence-electron chi connectivity index (χ1n) is 7.91. The predicted octanol–water partition coefficient (Wildman–Crippen LogP) is 2.93. The topological polar surface area (TPSA) is 68.5 Å². The lowest BCUT2D eigenvalue weighted by molar-refractivity contribution is -0.128. The van der Waals surface area contributed by atoms with Gasteiger partial charge in [0.15, 0.2) is 0 Å². The second-order valence-electron chi connectivity index (χ2n) is 5.61. The molecule has 0 saturated carbocycles. The maximum Gasteiger partial charge on any atom is 0.222 e. The second kappa shape index (κ2) is 8.00. The summed E-state index contributed by atoms with van der Waals surface area (Å²) in [7, 11) is 1.65. The van der Waals surface area contributed by atoms with Crippen LogP contribution in [0.15, 0.2) is 40.2 Å². The van der Waals surface area contributed by atoms with Crippen LogP contribution in [-0.4, -0.2) is 41.2 Å². The van der Waals surface area contributed by atoms with Crippen LogP contribution in [0.5, 0.6) is 5.75 Å². The summed E-state index contributed by atoms with van der Waals surface area (Å²) in [6.45, 7) is 0.691. The molecule has 0 spiro atoms. The first kappa shape index (κ1) is 17.3. The number of hydrogen-bond donors (Lipinski definition) is 1. The van der Waals surface area contributed by atoms with Gasteiger partial charge in [-0.25, -0.2) is 4.98 Å². The third-order valence-corrected chi connectivity index (χ3v) is 6.20. The number of benzene rings is 1. The van der Waals surface area contributed by atoms with Crippen molar-refractivity contribution in [1.29, 1.82) is 0 Å². The minimum Gasteiger partial charge on any atom is -0.496 e. The quantitative estimate of drug-likeness (QED) is 0.766. The highest BCUT2D eigenvalue weighted by Gasteiger charge is 2.36. The standard InChI is InChI=1S/C17H21N3O2S2/c1-22-14-5-3-2-4-12(14)16(18)13-6-7-15(21)20(13)9-11-24-17-19-8-10-23-17/h2-5,8,10,13,16H,6-7,9,11,18H2,1H3/t13-,16?/m1/s1. The third kappa shape index (κ3) is 3.74. The lowest BCUT2D eigenvalue weighted by atomic mass is 9.97. The van der Waals surface area contributed by atoms with E-state index in [4.69, 9.17) is 10.5 Å². The Morgan fingerprint density at radius 2 is 2.33 bits per heavy atom. The van der Waals surface area contributed by atoms with Crippen molar-refractivity contribution >= 4 is 29.0 Å². The smallest absolute Gasteiger partial charge is 0.222 e. The maximum atomic E-state index is 12.3. The van der Waals surface area contributed by atoms with Gasteiger partial charge in [-0.1, -0.05) is 30.0 Å². The molecule has 2 aromatic rings. The molecule has 1 aliphatic heterocycles. The molecule has 0 radical (unpaired) electrons. The average Bonchev–Trinajstić information content (AvgIpc) is 3.25. The zero-order valence-electron chi connectivity index (χ0n) is 13.6. The number of hydrogen-bond acceptors (Lipinski definition) is 6. The normalized spacial score (nSPS) is 18.8. The van der Waals surface area contributed by atoms with Crippen molar-refractivity contribution in [2.24, 2.45) is 5.73 Å². The molecule has 0 bridgehead atoms. The van der Waals surface area contributed by atoms with E-state index in [9.17, 15) is 4.79 Å². The number of para-hydroxylation sites is 1. The average molecular weight is 364 g/mol. The molecule has 5 nitrogen and oxygen atoms in total. The number of amides is 1. The van der Waals surface area contributed by atoms with E-state index in [-0.39, 0.29) is 18.0 Å². The maximum absolute atomic E-state index is 12.3. The van der Waals surface area contributed by atoms with E-state index in [1.807, 2.05) is 34.5 Å². The lowest BCUT2D eigenvalue weighted by Gasteiger charge is -2.30. The molecule has 2 N–H and O–H groups in total. The van der Waals surface area contributed by atoms with Gasteiger partial charge in [-0.2, -0.15) is 0 Å². The first-order valence-corrected chi connectivity index (χ1v) is 9.77. The summed E-state index contributed by atoms with van der Waals surface area (Å²) in [6.07, 6.45) is 3.16. The number of carbonyl (C=O) groups excluding carboxylic acids is 1. The van der Waals surface area contributed by atoms with Crippen LogP contribution in [-0.2, 0) is 4.79 Å². The molecule has 1 aromatic heterocycles. The number of methoxy groups -OCH3 is 1. The number of ether oxygens (including phenoxy) is 1. The van der Waals surface area contributed by atoms with Crippen molar-refractivity contribution in [1.82, 2.24) is 9.88 Å². The Morgan fingerprint density at radius 1 is 1.50 bits per heavy atom. The van der Waals surface area contributed by atoms with Crippen molar-refractivity contribution < 1.29 is 9.53 Å². The Balaban J connectivity index is 1.67. The van der Waals surface area contributed by atoms with Crippen LogP contribution in [0.2, 0.25) is 0 Å². The van der Waals surface area contributed by atoms with Crippen molar-refractivity contribution in [2.75, 3.05) is 19.4 Å². The molecule has 7 heteroatoms. The Bertz CT molecular complexity index is 678. The zero-order chi connectivity index (χ0) is 16.9. The largest absolute Gasteiger partial charge is 0.496 e. The van der Waals surface area contributed by atoms with Crippen LogP contribution < -0.4 is 10.5 Å². The summed E-state index contributed by atoms with van der Waals surface area (Å²) < 4.78 is 6.46. The van der Waals surface area contributed by atoms with Gasteiger partial charge < -0.3 is 15.4 Å². The van der Waals surface area contributed by atoms with Gasteiger partial charge in [0.1, 0.15) is 10.1 Å². The Kier molecular flexibility index (Phi) is 5.76. The van der Waals surface area contributed by atoms with E-state index in [1.54, 1.807) is 36.4 Å². The molecule has 1 aromatic carbocycles. The van der Waals surface area contributed by atoms with Gasteiger partial charge in [-0.15, -0.1) is 11.3 Å². The lowest BCUT2D eigenvalue weighted by Crippen LogP contribution is -2.41. The van der Waals surface area contributed by atoms with Gasteiger partial charge in [0, 0.05) is 35.9 Å². The minimum atomic E-state index is -0.238. The fourth-order valence-corrected chi connectivity index (χ4v) is 4.73. The third-order valence-electron chi connectivity index (χ3n) is 4.25. The number of likely N-dealkylation sites (tertiary alicyclic amines) is 1. The van der Waals surface area contributed by atoms with Gasteiger partial charge >= 0.3 is 0 Å². The van der Waals surface area contributed by atoms with Crippen LogP contribution in [0.1, 0.15) is 24.4 Å². The van der Waals surface area contributed by atoms with E-state index in [1.165, 1.54) is 0 Å². The van der Waals surface area contributed by atoms with Gasteiger partial charge in [0.05, 0.1) is 19.2 Å². The number of nitrogens with zero attached hydrogens (tertiary/aromatic N) is 2. The van der Waals surface area contributed by atoms with Crippen LogP contribution in [0.25, 0.3) is 0 Å². The van der Waals surface area contributed by atoms with Gasteiger partial charge in [-0.3, -0.25) is 4.79 Å². The van der Waals surface area contributed by atoms with E-state index in [0.29, 0.717) is 13.0 Å². The van der Waals surface area contributed by atoms with Crippen LogP contribution >= 0.6 is 23.1 Å². The van der Waals surface area contributed by atoms with E-state index in [0.717, 1.165) is 27.8 Å². The summed E-state index contributed by atoms with van der Waals surface area (Å²) in [5.74, 6) is 1.79. The fourth-order valence-electron chi connectivity index (χ4n) is 3.08. The van der Waals surface area contributed by atoms with Crippen molar-refractivity contribution in [3.8, 4) is 5.75 Å². The molecular formula is C17H21N3O2S2. The molecular weight excluding hydrogens is 342 g/mol. The molecule has 1 amide bonds. The highest BCUT2D eigenvalue weighted by molar-refractivity contribution is 8.01. The minimum absolute atomic E-state index is 0.0192. The molecule has 2 atom stereocenters. The number of aromatic nitrogens is 1. The molecule has 2 heterocycles. The van der Waals surface area contributed by atoms with Crippen LogP contribution in [0, 0.1) is 0 Å². The Hall–Kier alpha value is -1.57. The summed E-state index contributed by atoms with van der Waals surface area (Å²) in [5, 5.41) is 1.96. The molecule has 0 aliphatic carbocycles. The molecule has 1 unspecified atom stereocenters. The van der Waals surface area contributed by atoms with Gasteiger partial charge in [-0.05, 0) is 12.5 Å². The van der Waals surface area contributed by atoms with Gasteiger partial charge in [0.2, 0.25) is 5.91 Å². The summed E-state index contributed by atoms with van der Waals surface area (Å²) in [6, 6.07) is 7.56. The number of carbonyl (C=O) groups is 1. The van der Waals surface area contributed by atoms with E-state index < -0.39 is 0 Å². The number of thioether (sulfide) groups is 1. The molecule has 1 saturated heterocycles. The highest BCUT2D eigenvalue weighted by Crippen LogP contribution is 2.33. The Morgan fingerprint density at radius 3 is 3.08 bits per heavy atom. The summed E-state index contributed by atoms with van der Waals surface area (Å²) >= 11 is 3.30. The monoisotopic (exact) mass is 363 g/mol. The highest BCUT2D eigenvalue weighted by atomic mass is 32.2. The summed E-state index contributed by atoms with van der Waals surface area (Å²) in [5.41, 5.74) is 7.46. The molecule has 128 valence electrons. The number of thiazole rings is 1. The Labute approximate surface area is 150 Å². The summed E-state index contributed by atoms with van der Waals surface area (Å²) in [4.78, 5) is 18.5. The number of rotatable bonds is 7. The van der Waals surface area contributed by atoms with Crippen LogP contribution in [0.3, 0.4) is 0 Å². The molecule has 1 fully saturated rings. The van der Waals surface area contributed by atoms with E-state index in [2.05, 4.69) is 4.98 Å². The second-order valence-corrected chi connectivity index (χ2v) is 7.84. The first-order chi connectivity index (χ1) is 11.7. The van der Waals surface area contributed by atoms with Crippen molar-refractivity contribution in [2.45, 2.75) is 29.3 Å². The SMILES string of the molecule is COc1ccccc1C(N)[C@H]1CCC(=O)N1CCSc1nccs1.